The average Bonchev–Trinajstić information content (AvgIpc) is 3.74. The molecule has 0 aliphatic heterocycles. The van der Waals surface area contributed by atoms with Crippen LogP contribution < -0.4 is 25.6 Å². The van der Waals surface area contributed by atoms with Gasteiger partial charge >= 0.3 is 0 Å². The maximum Gasteiger partial charge on any atom is 0.179 e. The van der Waals surface area contributed by atoms with Crippen LogP contribution in [0.25, 0.3) is 33.4 Å². The molecule has 11 aromatic rings. The quantitative estimate of drug-likeness (QED) is 0.0924. The van der Waals surface area contributed by atoms with Crippen LogP contribution in [0, 0.1) is 0 Å². The van der Waals surface area contributed by atoms with Crippen molar-refractivity contribution in [2.75, 3.05) is 4.90 Å². The molecule has 1 aliphatic rings. The molecule has 1 aliphatic carbocycles. The summed E-state index contributed by atoms with van der Waals surface area (Å²) in [6.45, 7) is 0. The second-order valence-corrected chi connectivity index (χ2v) is 21.8. The van der Waals surface area contributed by atoms with Crippen molar-refractivity contribution in [1.29, 1.82) is 0 Å². The van der Waals surface area contributed by atoms with Gasteiger partial charge in [0, 0.05) is 17.1 Å². The summed E-state index contributed by atoms with van der Waals surface area (Å²) in [6.07, 6.45) is 0. The molecule has 0 amide bonds. The van der Waals surface area contributed by atoms with Crippen molar-refractivity contribution in [3.05, 3.63) is 320 Å². The van der Waals surface area contributed by atoms with Gasteiger partial charge < -0.3 is 4.90 Å². The van der Waals surface area contributed by atoms with E-state index >= 15 is 0 Å². The van der Waals surface area contributed by atoms with E-state index in [9.17, 15) is 0 Å². The Bertz CT molecular complexity index is 3390. The molecule has 69 heavy (non-hydrogen) atoms. The highest BCUT2D eigenvalue weighted by atomic mass is 28.3. The lowest BCUT2D eigenvalue weighted by Gasteiger charge is -2.35. The Morgan fingerprint density at radius 1 is 0.246 bits per heavy atom. The first-order chi connectivity index (χ1) is 34.2. The molecule has 0 radical (unpaired) electrons. The summed E-state index contributed by atoms with van der Waals surface area (Å²) in [5, 5.41) is 5.48. The molecular weight excluding hydrogens is 847 g/mol. The molecule has 0 fully saturated rings. The second kappa shape index (κ2) is 17.9. The third kappa shape index (κ3) is 7.16. The second-order valence-electron chi connectivity index (χ2n) is 18.0. The maximum atomic E-state index is 2.45. The van der Waals surface area contributed by atoms with Crippen molar-refractivity contribution < 1.29 is 0 Å². The standard InChI is InChI=1S/C67H49NSi/c1-7-21-50(22-8-1)51-35-41-55(42-36-51)67(54-23-9-2-10-24-54)65-34-20-19-33-63(65)64-48-45-58(49-66(64)67)68(56-25-11-3-12-26-56)57-43-37-52(38-44-57)53-39-46-62(47-40-53)69(59-27-13-4-14-28-59,60-29-15-5-16-30-60)61-31-17-6-18-32-61/h1-49H. The fraction of sp³-hybridized carbons (Fsp3) is 0.0149. The molecule has 0 saturated carbocycles. The molecule has 0 spiro atoms. The number of hydrogen-bond acceptors (Lipinski definition) is 1. The first-order valence-corrected chi connectivity index (χ1v) is 25.9. The molecule has 0 saturated heterocycles. The van der Waals surface area contributed by atoms with Gasteiger partial charge in [0.25, 0.3) is 0 Å². The zero-order chi connectivity index (χ0) is 46.0. The molecule has 2 heteroatoms. The first kappa shape index (κ1) is 41.8. The van der Waals surface area contributed by atoms with Crippen molar-refractivity contribution >= 4 is 45.9 Å². The summed E-state index contributed by atoms with van der Waals surface area (Å²) in [4.78, 5) is 2.41. The molecule has 1 unspecified atom stereocenters. The van der Waals surface area contributed by atoms with Crippen LogP contribution in [0.1, 0.15) is 22.3 Å². The van der Waals surface area contributed by atoms with Gasteiger partial charge in [0.15, 0.2) is 8.07 Å². The van der Waals surface area contributed by atoms with Crippen LogP contribution in [0.3, 0.4) is 0 Å². The highest BCUT2D eigenvalue weighted by Gasteiger charge is 2.46. The molecule has 0 heterocycles. The van der Waals surface area contributed by atoms with Gasteiger partial charge in [-0.3, -0.25) is 0 Å². The third-order valence-corrected chi connectivity index (χ3v) is 19.1. The Morgan fingerprint density at radius 2 is 0.609 bits per heavy atom. The molecule has 0 bridgehead atoms. The van der Waals surface area contributed by atoms with E-state index in [0.29, 0.717) is 0 Å². The summed E-state index contributed by atoms with van der Waals surface area (Å²) in [6, 6.07) is 110. The fourth-order valence-electron chi connectivity index (χ4n) is 11.2. The van der Waals surface area contributed by atoms with Crippen molar-refractivity contribution in [2.45, 2.75) is 5.41 Å². The number of rotatable bonds is 11. The van der Waals surface area contributed by atoms with Crippen LogP contribution in [0.2, 0.25) is 0 Å². The predicted molar refractivity (Wildman–Crippen MR) is 293 cm³/mol. The van der Waals surface area contributed by atoms with Crippen LogP contribution >= 0.6 is 0 Å². The zero-order valence-electron chi connectivity index (χ0n) is 38.2. The highest BCUT2D eigenvalue weighted by Crippen LogP contribution is 2.57. The van der Waals surface area contributed by atoms with Crippen molar-refractivity contribution in [3.63, 3.8) is 0 Å². The Balaban J connectivity index is 0.961. The molecule has 1 atom stereocenters. The Kier molecular flexibility index (Phi) is 10.9. The van der Waals surface area contributed by atoms with Crippen LogP contribution in [0.15, 0.2) is 297 Å². The minimum atomic E-state index is -2.63. The Hall–Kier alpha value is -8.56. The van der Waals surface area contributed by atoms with Gasteiger partial charge in [0.05, 0.1) is 5.41 Å². The number of fused-ring (bicyclic) bond motifs is 3. The van der Waals surface area contributed by atoms with Gasteiger partial charge in [0.2, 0.25) is 0 Å². The minimum absolute atomic E-state index is 0.543. The highest BCUT2D eigenvalue weighted by molar-refractivity contribution is 7.19. The molecule has 11 aromatic carbocycles. The summed E-state index contributed by atoms with van der Waals surface area (Å²) in [5.41, 5.74) is 15.2. The van der Waals surface area contributed by atoms with Gasteiger partial charge in [-0.1, -0.05) is 261 Å². The smallest absolute Gasteiger partial charge is 0.179 e. The van der Waals surface area contributed by atoms with Crippen LogP contribution in [0.4, 0.5) is 17.1 Å². The lowest BCUT2D eigenvalue weighted by molar-refractivity contribution is 0.768. The Morgan fingerprint density at radius 3 is 1.16 bits per heavy atom. The molecular formula is C67H49NSi. The van der Waals surface area contributed by atoms with Gasteiger partial charge in [0.1, 0.15) is 0 Å². The van der Waals surface area contributed by atoms with Crippen LogP contribution in [-0.4, -0.2) is 8.07 Å². The van der Waals surface area contributed by atoms with E-state index in [0.717, 1.165) is 17.1 Å². The molecule has 12 rings (SSSR count). The molecule has 0 aromatic heterocycles. The minimum Gasteiger partial charge on any atom is -0.310 e. The third-order valence-electron chi connectivity index (χ3n) is 14.3. The summed E-state index contributed by atoms with van der Waals surface area (Å²) in [7, 11) is -2.63. The largest absolute Gasteiger partial charge is 0.310 e. The topological polar surface area (TPSA) is 3.24 Å². The molecule has 0 N–H and O–H groups in total. The van der Waals surface area contributed by atoms with E-state index in [-0.39, 0.29) is 0 Å². The molecule has 326 valence electrons. The summed E-state index contributed by atoms with van der Waals surface area (Å²) in [5.74, 6) is 0. The first-order valence-electron chi connectivity index (χ1n) is 23.9. The van der Waals surface area contributed by atoms with Crippen LogP contribution in [0.5, 0.6) is 0 Å². The normalized spacial score (nSPS) is 13.9. The lowest BCUT2D eigenvalue weighted by atomic mass is 9.67. The van der Waals surface area contributed by atoms with E-state index in [2.05, 4.69) is 302 Å². The summed E-state index contributed by atoms with van der Waals surface area (Å²) < 4.78 is 0. The van der Waals surface area contributed by atoms with Crippen LogP contribution in [-0.2, 0) is 5.41 Å². The Labute approximate surface area is 407 Å². The number of hydrogen-bond donors (Lipinski definition) is 0. The monoisotopic (exact) mass is 895 g/mol. The number of para-hydroxylation sites is 1. The van der Waals surface area contributed by atoms with Crippen molar-refractivity contribution in [3.8, 4) is 33.4 Å². The number of nitrogens with zero attached hydrogens (tertiary/aromatic N) is 1. The van der Waals surface area contributed by atoms with E-state index < -0.39 is 13.5 Å². The van der Waals surface area contributed by atoms with Gasteiger partial charge in [-0.15, -0.1) is 0 Å². The van der Waals surface area contributed by atoms with Crippen molar-refractivity contribution in [1.82, 2.24) is 0 Å². The lowest BCUT2D eigenvalue weighted by Crippen LogP contribution is -2.74. The van der Waals surface area contributed by atoms with Gasteiger partial charge in [-0.05, 0) is 113 Å². The van der Waals surface area contributed by atoms with E-state index in [1.165, 1.54) is 76.4 Å². The number of benzene rings is 11. The predicted octanol–water partition coefficient (Wildman–Crippen LogP) is 14.2. The van der Waals surface area contributed by atoms with E-state index in [1.54, 1.807) is 0 Å². The maximum absolute atomic E-state index is 2.63. The SMILES string of the molecule is c1ccc(-c2ccc(C3(c4ccccc4)c4ccccc4-c4ccc(N(c5ccccc5)c5ccc(-c6ccc([Si](c7ccccc7)(c7ccccc7)c7ccccc7)cc6)cc5)cc43)cc2)cc1. The van der Waals surface area contributed by atoms with Gasteiger partial charge in [-0.25, -0.2) is 0 Å². The summed E-state index contributed by atoms with van der Waals surface area (Å²) >= 11 is 0. The fourth-order valence-corrected chi connectivity index (χ4v) is 16.0. The molecule has 1 nitrogen and oxygen atoms in total. The van der Waals surface area contributed by atoms with E-state index in [1.807, 2.05) is 0 Å². The van der Waals surface area contributed by atoms with E-state index in [4.69, 9.17) is 0 Å². The van der Waals surface area contributed by atoms with Crippen molar-refractivity contribution in [2.24, 2.45) is 0 Å². The zero-order valence-corrected chi connectivity index (χ0v) is 39.2. The average molecular weight is 896 g/mol. The number of anilines is 3. The van der Waals surface area contributed by atoms with Gasteiger partial charge in [-0.2, -0.15) is 0 Å².